The van der Waals surface area contributed by atoms with E-state index in [1.54, 1.807) is 0 Å². The predicted octanol–water partition coefficient (Wildman–Crippen LogP) is 3.70. The lowest BCUT2D eigenvalue weighted by Gasteiger charge is -2.13. The van der Waals surface area contributed by atoms with Gasteiger partial charge >= 0.3 is 12.1 Å². The molecule has 0 saturated carbocycles. The summed E-state index contributed by atoms with van der Waals surface area (Å²) >= 11 is -0.846. The molecule has 0 amide bonds. The van der Waals surface area contributed by atoms with Crippen molar-refractivity contribution in [3.05, 3.63) is 17.7 Å². The summed E-state index contributed by atoms with van der Waals surface area (Å²) in [5.74, 6) is -0.891. The maximum absolute atomic E-state index is 12.3. The number of thioether (sulfide) groups is 1. The second-order valence-electron chi connectivity index (χ2n) is 3.27. The molecule has 0 aliphatic heterocycles. The number of benzene rings is 1. The fraction of sp³-hybridized carbons (Fsp3) is 0.222. The molecule has 0 saturated heterocycles. The summed E-state index contributed by atoms with van der Waals surface area (Å²) in [7, 11) is 0.290. The van der Waals surface area contributed by atoms with Crippen LogP contribution in [-0.4, -0.2) is 20.5 Å². The van der Waals surface area contributed by atoms with Crippen molar-refractivity contribution >= 4 is 31.5 Å². The minimum Gasteiger partial charge on any atom is -0.433 e. The van der Waals surface area contributed by atoms with Gasteiger partial charge in [0, 0.05) is 21.6 Å². The molecule has 0 fully saturated rings. The Morgan fingerprint density at radius 1 is 1.33 bits per heavy atom. The van der Waals surface area contributed by atoms with E-state index in [9.17, 15) is 30.4 Å². The zero-order valence-electron chi connectivity index (χ0n) is 9.49. The van der Waals surface area contributed by atoms with Crippen molar-refractivity contribution in [3.63, 3.8) is 0 Å². The Kier molecular flexibility index (Phi) is 5.30. The SMILES string of the molecule is N#Cc1cc(SC(F)(F)F)c(S(=O)(=O)Cl)cc1OC(F)F. The molecule has 12 heteroatoms. The lowest BCUT2D eigenvalue weighted by molar-refractivity contribution is -0.0503. The van der Waals surface area contributed by atoms with Crippen molar-refractivity contribution in [2.75, 3.05) is 0 Å². The van der Waals surface area contributed by atoms with Crippen molar-refractivity contribution in [3.8, 4) is 11.8 Å². The first-order chi connectivity index (χ1) is 9.44. The van der Waals surface area contributed by atoms with E-state index in [2.05, 4.69) is 4.74 Å². The number of alkyl halides is 5. The Hall–Kier alpha value is -1.25. The van der Waals surface area contributed by atoms with Crippen LogP contribution in [0.3, 0.4) is 0 Å². The van der Waals surface area contributed by atoms with E-state index in [1.165, 1.54) is 6.07 Å². The van der Waals surface area contributed by atoms with E-state index in [4.69, 9.17) is 15.9 Å². The number of ether oxygens (including phenoxy) is 1. The van der Waals surface area contributed by atoms with Gasteiger partial charge in [-0.1, -0.05) is 0 Å². The third-order valence-corrected chi connectivity index (χ3v) is 4.15. The van der Waals surface area contributed by atoms with Crippen molar-refractivity contribution < 1.29 is 35.1 Å². The van der Waals surface area contributed by atoms with Crippen molar-refractivity contribution in [2.24, 2.45) is 0 Å². The van der Waals surface area contributed by atoms with Crippen LogP contribution in [0.5, 0.6) is 5.75 Å². The largest absolute Gasteiger partial charge is 0.446 e. The van der Waals surface area contributed by atoms with Crippen molar-refractivity contribution in [2.45, 2.75) is 21.9 Å². The lowest BCUT2D eigenvalue weighted by atomic mass is 10.2. The van der Waals surface area contributed by atoms with E-state index in [0.29, 0.717) is 12.1 Å². The quantitative estimate of drug-likeness (QED) is 0.461. The van der Waals surface area contributed by atoms with Gasteiger partial charge in [0.25, 0.3) is 9.05 Å². The Morgan fingerprint density at radius 3 is 2.29 bits per heavy atom. The van der Waals surface area contributed by atoms with E-state index in [0.717, 1.165) is 0 Å². The standard InChI is InChI=1S/C9H3ClF5NO3S2/c10-21(17,18)7-2-5(19-8(11)12)4(3-16)1-6(7)20-9(13,14)15/h1-2,8H. The molecular weight excluding hydrogens is 365 g/mol. The molecule has 1 aromatic rings. The highest BCUT2D eigenvalue weighted by Crippen LogP contribution is 2.43. The van der Waals surface area contributed by atoms with Gasteiger partial charge in [-0.25, -0.2) is 8.42 Å². The average Bonchev–Trinajstić information content (AvgIpc) is 2.26. The molecule has 0 radical (unpaired) electrons. The number of halogens is 6. The Labute approximate surface area is 123 Å². The van der Waals surface area contributed by atoms with Gasteiger partial charge in [0.1, 0.15) is 16.7 Å². The monoisotopic (exact) mass is 367 g/mol. The maximum atomic E-state index is 12.3. The summed E-state index contributed by atoms with van der Waals surface area (Å²) in [6.07, 6.45) is 0. The second-order valence-corrected chi connectivity index (χ2v) is 6.91. The summed E-state index contributed by atoms with van der Waals surface area (Å²) in [5, 5.41) is 8.70. The third kappa shape index (κ3) is 5.22. The van der Waals surface area contributed by atoms with Crippen LogP contribution < -0.4 is 4.74 Å². The highest BCUT2D eigenvalue weighted by molar-refractivity contribution is 8.14. The first kappa shape index (κ1) is 17.8. The van der Waals surface area contributed by atoms with Crippen LogP contribution in [0.4, 0.5) is 22.0 Å². The number of hydrogen-bond donors (Lipinski definition) is 0. The topological polar surface area (TPSA) is 67.2 Å². The van der Waals surface area contributed by atoms with Crippen LogP contribution in [0, 0.1) is 11.3 Å². The van der Waals surface area contributed by atoms with E-state index < -0.39 is 54.0 Å². The molecule has 1 aromatic carbocycles. The smallest absolute Gasteiger partial charge is 0.433 e. The molecular formula is C9H3ClF5NO3S2. The number of hydrogen-bond acceptors (Lipinski definition) is 5. The van der Waals surface area contributed by atoms with Gasteiger partial charge in [-0.05, 0) is 17.8 Å². The van der Waals surface area contributed by atoms with Gasteiger partial charge in [-0.15, -0.1) is 0 Å². The number of rotatable bonds is 4. The molecule has 0 aromatic heterocycles. The lowest BCUT2D eigenvalue weighted by Crippen LogP contribution is -2.07. The van der Waals surface area contributed by atoms with Gasteiger partial charge in [-0.3, -0.25) is 0 Å². The summed E-state index contributed by atoms with van der Waals surface area (Å²) in [5.41, 5.74) is -5.56. The zero-order chi connectivity index (χ0) is 16.4. The highest BCUT2D eigenvalue weighted by atomic mass is 35.7. The minimum atomic E-state index is -4.87. The summed E-state index contributed by atoms with van der Waals surface area (Å²) < 4.78 is 87.7. The Bertz CT molecular complexity index is 684. The highest BCUT2D eigenvalue weighted by Gasteiger charge is 2.33. The van der Waals surface area contributed by atoms with Crippen LogP contribution >= 0.6 is 22.4 Å². The molecule has 0 unspecified atom stereocenters. The fourth-order valence-corrected chi connectivity index (χ4v) is 3.32. The summed E-state index contributed by atoms with van der Waals surface area (Å²) in [6.45, 7) is -3.40. The van der Waals surface area contributed by atoms with Crippen LogP contribution in [0.25, 0.3) is 0 Å². The van der Waals surface area contributed by atoms with Crippen molar-refractivity contribution in [1.82, 2.24) is 0 Å². The first-order valence-electron chi connectivity index (χ1n) is 4.67. The van der Waals surface area contributed by atoms with Gasteiger partial charge in [0.2, 0.25) is 0 Å². The third-order valence-electron chi connectivity index (χ3n) is 1.87. The normalized spacial score (nSPS) is 12.3. The minimum absolute atomic E-state index is 0.348. The second kappa shape index (κ2) is 6.25. The molecule has 0 spiro atoms. The summed E-state index contributed by atoms with van der Waals surface area (Å²) in [4.78, 5) is -2.00. The molecule has 21 heavy (non-hydrogen) atoms. The van der Waals surface area contributed by atoms with Crippen molar-refractivity contribution in [1.29, 1.82) is 5.26 Å². The Balaban J connectivity index is 3.54. The molecule has 0 aliphatic rings. The molecule has 0 aliphatic carbocycles. The van der Waals surface area contributed by atoms with Gasteiger partial charge in [0.05, 0.1) is 5.56 Å². The van der Waals surface area contributed by atoms with E-state index in [1.807, 2.05) is 0 Å². The van der Waals surface area contributed by atoms with Gasteiger partial charge in [0.15, 0.2) is 0 Å². The molecule has 0 bridgehead atoms. The van der Waals surface area contributed by atoms with Crippen LogP contribution in [-0.2, 0) is 9.05 Å². The van der Waals surface area contributed by atoms with Gasteiger partial charge in [-0.2, -0.15) is 27.2 Å². The van der Waals surface area contributed by atoms with Crippen LogP contribution in [0.15, 0.2) is 21.9 Å². The maximum Gasteiger partial charge on any atom is 0.446 e. The molecule has 1 rings (SSSR count). The zero-order valence-corrected chi connectivity index (χ0v) is 11.9. The Morgan fingerprint density at radius 2 is 1.90 bits per heavy atom. The molecule has 0 N–H and O–H groups in total. The first-order valence-corrected chi connectivity index (χ1v) is 7.80. The van der Waals surface area contributed by atoms with E-state index in [-0.39, 0.29) is 0 Å². The van der Waals surface area contributed by atoms with Gasteiger partial charge < -0.3 is 4.74 Å². The average molecular weight is 368 g/mol. The molecule has 0 heterocycles. The van der Waals surface area contributed by atoms with Crippen LogP contribution in [0.1, 0.15) is 5.56 Å². The number of nitriles is 1. The predicted molar refractivity (Wildman–Crippen MR) is 62.7 cm³/mol. The van der Waals surface area contributed by atoms with E-state index >= 15 is 0 Å². The molecule has 4 nitrogen and oxygen atoms in total. The summed E-state index contributed by atoms with van der Waals surface area (Å²) in [6, 6.07) is 2.14. The number of nitrogens with zero attached hydrogens (tertiary/aromatic N) is 1. The molecule has 116 valence electrons. The molecule has 0 atom stereocenters. The fourth-order valence-electron chi connectivity index (χ4n) is 1.22. The van der Waals surface area contributed by atoms with Crippen LogP contribution in [0.2, 0.25) is 0 Å².